The second-order valence-corrected chi connectivity index (χ2v) is 6.35. The average Bonchev–Trinajstić information content (AvgIpc) is 3.39. The van der Waals surface area contributed by atoms with Gasteiger partial charge in [0.2, 0.25) is 0 Å². The van der Waals surface area contributed by atoms with Crippen LogP contribution >= 0.6 is 11.3 Å². The Kier molecular flexibility index (Phi) is 4.86. The van der Waals surface area contributed by atoms with E-state index in [9.17, 15) is 4.79 Å². The lowest BCUT2D eigenvalue weighted by Gasteiger charge is -2.04. The Morgan fingerprint density at radius 2 is 2.07 bits per heavy atom. The first-order chi connectivity index (χ1) is 13.7. The molecular formula is C19H13N7OS. The van der Waals surface area contributed by atoms with Gasteiger partial charge in [0.1, 0.15) is 11.4 Å². The molecule has 1 amide bonds. The third kappa shape index (κ3) is 3.62. The van der Waals surface area contributed by atoms with Crippen molar-refractivity contribution in [2.75, 3.05) is 5.32 Å². The van der Waals surface area contributed by atoms with Crippen molar-refractivity contribution < 1.29 is 4.79 Å². The van der Waals surface area contributed by atoms with Crippen LogP contribution in [0.25, 0.3) is 17.2 Å². The minimum Gasteiger partial charge on any atom is -0.296 e. The van der Waals surface area contributed by atoms with E-state index in [0.29, 0.717) is 28.0 Å². The van der Waals surface area contributed by atoms with Gasteiger partial charge in [0, 0.05) is 11.6 Å². The topological polar surface area (TPSA) is 98.5 Å². The van der Waals surface area contributed by atoms with Crippen molar-refractivity contribution in [3.63, 3.8) is 0 Å². The summed E-state index contributed by atoms with van der Waals surface area (Å²) in [5.74, 6) is 5.86. The summed E-state index contributed by atoms with van der Waals surface area (Å²) in [6, 6.07) is 10.9. The molecule has 8 nitrogen and oxygen atoms in total. The highest BCUT2D eigenvalue weighted by Crippen LogP contribution is 2.24. The van der Waals surface area contributed by atoms with Gasteiger partial charge in [-0.1, -0.05) is 23.3 Å². The number of carbonyl (C=O) groups is 1. The molecule has 0 aliphatic heterocycles. The van der Waals surface area contributed by atoms with Gasteiger partial charge < -0.3 is 0 Å². The lowest BCUT2D eigenvalue weighted by Crippen LogP contribution is -2.17. The molecule has 0 bridgehead atoms. The highest BCUT2D eigenvalue weighted by atomic mass is 32.1. The Labute approximate surface area is 164 Å². The summed E-state index contributed by atoms with van der Waals surface area (Å²) in [6.45, 7) is 1.76. The van der Waals surface area contributed by atoms with E-state index in [1.165, 1.54) is 22.2 Å². The van der Waals surface area contributed by atoms with Crippen molar-refractivity contribution in [3.05, 3.63) is 65.6 Å². The molecule has 0 atom stereocenters. The van der Waals surface area contributed by atoms with Crippen LogP contribution in [0.2, 0.25) is 0 Å². The van der Waals surface area contributed by atoms with E-state index in [2.05, 4.69) is 42.4 Å². The predicted molar refractivity (Wildman–Crippen MR) is 105 cm³/mol. The van der Waals surface area contributed by atoms with Gasteiger partial charge in [-0.25, -0.2) is 15.0 Å². The summed E-state index contributed by atoms with van der Waals surface area (Å²) in [7, 11) is 0. The molecule has 4 aromatic rings. The molecule has 0 unspecified atom stereocenters. The average molecular weight is 387 g/mol. The number of rotatable bonds is 4. The molecule has 0 saturated heterocycles. The van der Waals surface area contributed by atoms with Gasteiger partial charge in [0.15, 0.2) is 16.6 Å². The fourth-order valence-electron chi connectivity index (χ4n) is 2.42. The summed E-state index contributed by atoms with van der Waals surface area (Å²) in [4.78, 5) is 25.7. The van der Waals surface area contributed by atoms with Crippen LogP contribution in [0.3, 0.4) is 0 Å². The Morgan fingerprint density at radius 3 is 2.89 bits per heavy atom. The van der Waals surface area contributed by atoms with Gasteiger partial charge in [-0.05, 0) is 37.1 Å². The lowest BCUT2D eigenvalue weighted by atomic mass is 10.2. The highest BCUT2D eigenvalue weighted by molar-refractivity contribution is 7.14. The predicted octanol–water partition coefficient (Wildman–Crippen LogP) is 2.80. The van der Waals surface area contributed by atoms with Crippen molar-refractivity contribution in [2.45, 2.75) is 6.92 Å². The van der Waals surface area contributed by atoms with Crippen molar-refractivity contribution in [3.8, 4) is 29.0 Å². The molecule has 0 aliphatic carbocycles. The zero-order chi connectivity index (χ0) is 19.3. The Morgan fingerprint density at radius 1 is 1.14 bits per heavy atom. The maximum absolute atomic E-state index is 12.6. The number of hydrogen-bond donors (Lipinski definition) is 1. The number of nitrogens with one attached hydrogen (secondary N) is 1. The molecule has 0 aromatic carbocycles. The molecular weight excluding hydrogens is 374 g/mol. The summed E-state index contributed by atoms with van der Waals surface area (Å²) in [5, 5.41) is 12.8. The van der Waals surface area contributed by atoms with Gasteiger partial charge in [0.05, 0.1) is 11.9 Å². The Bertz CT molecular complexity index is 1190. The molecule has 4 aromatic heterocycles. The molecule has 0 fully saturated rings. The van der Waals surface area contributed by atoms with Crippen LogP contribution in [0.5, 0.6) is 0 Å². The number of pyridine rings is 2. The number of aromatic nitrogens is 6. The largest absolute Gasteiger partial charge is 0.296 e. The smallest absolute Gasteiger partial charge is 0.277 e. The number of amides is 1. The third-order valence-electron chi connectivity index (χ3n) is 3.64. The third-order valence-corrected chi connectivity index (χ3v) is 4.40. The highest BCUT2D eigenvalue weighted by Gasteiger charge is 2.17. The number of hydrogen-bond acceptors (Lipinski definition) is 7. The number of anilines is 1. The van der Waals surface area contributed by atoms with E-state index >= 15 is 0 Å². The molecule has 0 spiro atoms. The monoisotopic (exact) mass is 387 g/mol. The molecule has 136 valence electrons. The number of carbonyl (C=O) groups excluding carboxylic acids is 1. The van der Waals surface area contributed by atoms with E-state index in [1.54, 1.807) is 25.3 Å². The number of thiazole rings is 1. The normalized spacial score (nSPS) is 10.2. The number of nitrogens with zero attached hydrogens (tertiary/aromatic N) is 6. The Hall–Kier alpha value is -3.90. The standard InChI is InChI=1S/C19H13N7OS/c1-2-6-13-7-5-8-14(22-13)15-12-28-19(23-15)24-18(27)16-11-21-25-26(16)17-9-3-4-10-20-17/h3-5,7-12H,1H3,(H,23,24,27). The van der Waals surface area contributed by atoms with Gasteiger partial charge >= 0.3 is 0 Å². The molecule has 1 N–H and O–H groups in total. The van der Waals surface area contributed by atoms with Crippen molar-refractivity contribution in [2.24, 2.45) is 0 Å². The Balaban J connectivity index is 1.55. The van der Waals surface area contributed by atoms with Gasteiger partial charge in [-0.2, -0.15) is 4.68 Å². The molecule has 0 saturated carbocycles. The first kappa shape index (κ1) is 17.5. The fraction of sp³-hybridized carbons (Fsp3) is 0.0526. The zero-order valence-electron chi connectivity index (χ0n) is 14.7. The van der Waals surface area contributed by atoms with E-state index in [-0.39, 0.29) is 11.6 Å². The van der Waals surface area contributed by atoms with Crippen LogP contribution in [0.15, 0.2) is 54.2 Å². The van der Waals surface area contributed by atoms with Crippen LogP contribution in [0, 0.1) is 11.8 Å². The van der Waals surface area contributed by atoms with E-state index in [1.807, 2.05) is 29.6 Å². The minimum absolute atomic E-state index is 0.258. The molecule has 0 radical (unpaired) electrons. The van der Waals surface area contributed by atoms with E-state index in [0.717, 1.165) is 0 Å². The lowest BCUT2D eigenvalue weighted by molar-refractivity contribution is 0.101. The van der Waals surface area contributed by atoms with Crippen LogP contribution < -0.4 is 5.32 Å². The summed E-state index contributed by atoms with van der Waals surface area (Å²) in [6.07, 6.45) is 3.00. The van der Waals surface area contributed by atoms with Crippen molar-refractivity contribution >= 4 is 22.4 Å². The van der Waals surface area contributed by atoms with E-state index in [4.69, 9.17) is 0 Å². The molecule has 9 heteroatoms. The summed E-state index contributed by atoms with van der Waals surface area (Å²) in [5.41, 5.74) is 2.28. The molecule has 0 aliphatic rings. The van der Waals surface area contributed by atoms with Gasteiger partial charge in [-0.3, -0.25) is 10.1 Å². The van der Waals surface area contributed by atoms with Crippen LogP contribution in [-0.4, -0.2) is 35.9 Å². The second kappa shape index (κ2) is 7.77. The maximum atomic E-state index is 12.6. The summed E-state index contributed by atoms with van der Waals surface area (Å²) >= 11 is 1.31. The zero-order valence-corrected chi connectivity index (χ0v) is 15.5. The van der Waals surface area contributed by atoms with Gasteiger partial charge in [0.25, 0.3) is 5.91 Å². The van der Waals surface area contributed by atoms with Crippen LogP contribution in [-0.2, 0) is 0 Å². The van der Waals surface area contributed by atoms with Gasteiger partial charge in [-0.15, -0.1) is 16.4 Å². The molecule has 4 heterocycles. The minimum atomic E-state index is -0.380. The first-order valence-corrected chi connectivity index (χ1v) is 9.12. The molecule has 28 heavy (non-hydrogen) atoms. The van der Waals surface area contributed by atoms with Crippen LogP contribution in [0.4, 0.5) is 5.13 Å². The second-order valence-electron chi connectivity index (χ2n) is 5.49. The fourth-order valence-corrected chi connectivity index (χ4v) is 3.12. The first-order valence-electron chi connectivity index (χ1n) is 8.24. The summed E-state index contributed by atoms with van der Waals surface area (Å²) < 4.78 is 1.37. The van der Waals surface area contributed by atoms with Crippen molar-refractivity contribution in [1.82, 2.24) is 29.9 Å². The molecule has 4 rings (SSSR count). The SMILES string of the molecule is CC#Cc1cccc(-c2csc(NC(=O)c3cnnn3-c3ccccn3)n2)n1. The van der Waals surface area contributed by atoms with Crippen LogP contribution in [0.1, 0.15) is 23.1 Å². The van der Waals surface area contributed by atoms with Crippen molar-refractivity contribution in [1.29, 1.82) is 0 Å². The quantitative estimate of drug-likeness (QED) is 0.541. The van der Waals surface area contributed by atoms with E-state index < -0.39 is 0 Å². The maximum Gasteiger partial charge on any atom is 0.277 e.